The van der Waals surface area contributed by atoms with E-state index in [2.05, 4.69) is 10.3 Å². The van der Waals surface area contributed by atoms with Gasteiger partial charge >= 0.3 is 0 Å². The molecule has 0 bridgehead atoms. The van der Waals surface area contributed by atoms with Gasteiger partial charge in [-0.05, 0) is 12.8 Å². The average Bonchev–Trinajstić information content (AvgIpc) is 2.78. The predicted octanol–water partition coefficient (Wildman–Crippen LogP) is 0.856. The first-order valence-electron chi connectivity index (χ1n) is 5.64. The van der Waals surface area contributed by atoms with Crippen molar-refractivity contribution < 1.29 is 13.6 Å². The molecule has 7 heteroatoms. The quantitative estimate of drug-likeness (QED) is 0.841. The summed E-state index contributed by atoms with van der Waals surface area (Å²) in [5.41, 5.74) is 5.26. The van der Waals surface area contributed by atoms with Crippen molar-refractivity contribution in [2.45, 2.75) is 18.9 Å². The molecule has 0 radical (unpaired) electrons. The molecular weight excluding hydrogens is 242 g/mol. The summed E-state index contributed by atoms with van der Waals surface area (Å²) in [6, 6.07) is 0.173. The van der Waals surface area contributed by atoms with Crippen LogP contribution >= 0.6 is 0 Å². The Morgan fingerprint density at radius 1 is 1.56 bits per heavy atom. The maximum atomic E-state index is 13.7. The third kappa shape index (κ3) is 2.07. The van der Waals surface area contributed by atoms with Gasteiger partial charge in [0.05, 0.1) is 0 Å². The third-order valence-electron chi connectivity index (χ3n) is 3.00. The Kier molecular flexibility index (Phi) is 3.31. The van der Waals surface area contributed by atoms with Gasteiger partial charge in [0.25, 0.3) is 0 Å². The Bertz CT molecular complexity index is 480. The van der Waals surface area contributed by atoms with Crippen LogP contribution in [0, 0.1) is 11.6 Å². The molecule has 3 N–H and O–H groups in total. The Morgan fingerprint density at radius 2 is 2.28 bits per heavy atom. The van der Waals surface area contributed by atoms with Gasteiger partial charge in [0, 0.05) is 19.7 Å². The number of halogens is 2. The third-order valence-corrected chi connectivity index (χ3v) is 3.00. The Balaban J connectivity index is 2.41. The van der Waals surface area contributed by atoms with Gasteiger partial charge in [-0.1, -0.05) is 0 Å². The minimum Gasteiger partial charge on any atom is -0.371 e. The lowest BCUT2D eigenvalue weighted by Gasteiger charge is -2.24. The molecule has 1 fully saturated rings. The van der Waals surface area contributed by atoms with Gasteiger partial charge in [0.2, 0.25) is 5.91 Å². The fourth-order valence-electron chi connectivity index (χ4n) is 2.15. The maximum absolute atomic E-state index is 13.7. The Morgan fingerprint density at radius 3 is 2.89 bits per heavy atom. The molecule has 1 aliphatic heterocycles. The number of amides is 1. The van der Waals surface area contributed by atoms with Crippen LogP contribution in [-0.4, -0.2) is 30.5 Å². The van der Waals surface area contributed by atoms with Crippen LogP contribution in [0.25, 0.3) is 0 Å². The lowest BCUT2D eigenvalue weighted by Crippen LogP contribution is -2.41. The molecule has 2 heterocycles. The standard InChI is InChI=1S/C11H14F2N4O/c1-15-10-6(12)5-7(13)11(16-10)17-4-2-3-8(17)9(14)18/h5,8H,2-4H2,1H3,(H2,14,18)(H,15,16). The summed E-state index contributed by atoms with van der Waals surface area (Å²) < 4.78 is 27.0. The van der Waals surface area contributed by atoms with E-state index in [-0.39, 0.29) is 11.6 Å². The average molecular weight is 256 g/mol. The van der Waals surface area contributed by atoms with Crippen molar-refractivity contribution in [1.82, 2.24) is 4.98 Å². The molecule has 98 valence electrons. The number of aromatic nitrogens is 1. The normalized spacial score (nSPS) is 19.1. The topological polar surface area (TPSA) is 71.2 Å². The van der Waals surface area contributed by atoms with E-state index in [0.717, 1.165) is 12.5 Å². The van der Waals surface area contributed by atoms with Crippen molar-refractivity contribution in [3.63, 3.8) is 0 Å². The molecule has 18 heavy (non-hydrogen) atoms. The summed E-state index contributed by atoms with van der Waals surface area (Å²) >= 11 is 0. The van der Waals surface area contributed by atoms with Crippen molar-refractivity contribution in [3.8, 4) is 0 Å². The van der Waals surface area contributed by atoms with Crippen molar-refractivity contribution >= 4 is 17.5 Å². The van der Waals surface area contributed by atoms with Crippen LogP contribution in [0.4, 0.5) is 20.4 Å². The minimum atomic E-state index is -0.792. The first-order valence-corrected chi connectivity index (χ1v) is 5.64. The Hall–Kier alpha value is -1.92. The minimum absolute atomic E-state index is 0.0398. The number of rotatable bonds is 3. The second-order valence-electron chi connectivity index (χ2n) is 4.13. The second kappa shape index (κ2) is 4.75. The summed E-state index contributed by atoms with van der Waals surface area (Å²) in [7, 11) is 1.49. The van der Waals surface area contributed by atoms with Gasteiger partial charge in [0.1, 0.15) is 6.04 Å². The van der Waals surface area contributed by atoms with Crippen LogP contribution in [0.15, 0.2) is 6.07 Å². The number of carbonyl (C=O) groups excluding carboxylic acids is 1. The molecule has 1 aromatic heterocycles. The summed E-state index contributed by atoms with van der Waals surface area (Å²) in [6.07, 6.45) is 1.28. The number of carbonyl (C=O) groups is 1. The molecule has 5 nitrogen and oxygen atoms in total. The SMILES string of the molecule is CNc1nc(N2CCCC2C(N)=O)c(F)cc1F. The van der Waals surface area contributed by atoms with Crippen LogP contribution in [-0.2, 0) is 4.79 Å². The van der Waals surface area contributed by atoms with Gasteiger partial charge in [-0.15, -0.1) is 0 Å². The van der Waals surface area contributed by atoms with Crippen molar-refractivity contribution in [1.29, 1.82) is 0 Å². The van der Waals surface area contributed by atoms with E-state index in [1.807, 2.05) is 0 Å². The fourth-order valence-corrected chi connectivity index (χ4v) is 2.15. The van der Waals surface area contributed by atoms with E-state index in [1.165, 1.54) is 11.9 Å². The molecule has 1 amide bonds. The van der Waals surface area contributed by atoms with E-state index >= 15 is 0 Å². The molecule has 1 unspecified atom stereocenters. The highest BCUT2D eigenvalue weighted by molar-refractivity contribution is 5.84. The highest BCUT2D eigenvalue weighted by atomic mass is 19.1. The molecule has 0 aromatic carbocycles. The second-order valence-corrected chi connectivity index (χ2v) is 4.13. The van der Waals surface area contributed by atoms with Gasteiger partial charge < -0.3 is 16.0 Å². The number of anilines is 2. The molecule has 2 rings (SSSR count). The van der Waals surface area contributed by atoms with E-state index in [0.29, 0.717) is 13.0 Å². The zero-order chi connectivity index (χ0) is 13.3. The first kappa shape index (κ1) is 12.5. The lowest BCUT2D eigenvalue weighted by atomic mass is 10.2. The van der Waals surface area contributed by atoms with E-state index in [4.69, 9.17) is 5.73 Å². The molecule has 1 aromatic rings. The zero-order valence-corrected chi connectivity index (χ0v) is 9.91. The lowest BCUT2D eigenvalue weighted by molar-refractivity contribution is -0.119. The molecule has 1 atom stereocenters. The predicted molar refractivity (Wildman–Crippen MR) is 63.3 cm³/mol. The van der Waals surface area contributed by atoms with Crippen LogP contribution in [0.2, 0.25) is 0 Å². The monoisotopic (exact) mass is 256 g/mol. The smallest absolute Gasteiger partial charge is 0.240 e. The highest BCUT2D eigenvalue weighted by Crippen LogP contribution is 2.28. The fraction of sp³-hybridized carbons (Fsp3) is 0.455. The van der Waals surface area contributed by atoms with Crippen LogP contribution in [0.1, 0.15) is 12.8 Å². The molecular formula is C11H14F2N4O. The summed E-state index contributed by atoms with van der Waals surface area (Å²) in [5.74, 6) is -2.18. The van der Waals surface area contributed by atoms with Gasteiger partial charge in [-0.3, -0.25) is 4.79 Å². The van der Waals surface area contributed by atoms with Crippen molar-refractivity contribution in [2.24, 2.45) is 5.73 Å². The van der Waals surface area contributed by atoms with Crippen LogP contribution in [0.3, 0.4) is 0 Å². The highest BCUT2D eigenvalue weighted by Gasteiger charge is 2.32. The van der Waals surface area contributed by atoms with E-state index in [1.54, 1.807) is 0 Å². The number of hydrogen-bond donors (Lipinski definition) is 2. The van der Waals surface area contributed by atoms with Crippen molar-refractivity contribution in [3.05, 3.63) is 17.7 Å². The number of nitrogens with one attached hydrogen (secondary N) is 1. The number of nitrogens with zero attached hydrogens (tertiary/aromatic N) is 2. The number of nitrogens with two attached hydrogens (primary N) is 1. The zero-order valence-electron chi connectivity index (χ0n) is 9.91. The summed E-state index contributed by atoms with van der Waals surface area (Å²) in [5, 5.41) is 2.53. The summed E-state index contributed by atoms with van der Waals surface area (Å²) in [6.45, 7) is 0.478. The maximum Gasteiger partial charge on any atom is 0.240 e. The van der Waals surface area contributed by atoms with Gasteiger partial charge in [0.15, 0.2) is 23.3 Å². The van der Waals surface area contributed by atoms with Crippen LogP contribution in [0.5, 0.6) is 0 Å². The Labute approximate surface area is 103 Å². The first-order chi connectivity index (χ1) is 8.54. The van der Waals surface area contributed by atoms with Gasteiger partial charge in [-0.2, -0.15) is 0 Å². The number of hydrogen-bond acceptors (Lipinski definition) is 4. The molecule has 1 aliphatic rings. The molecule has 1 saturated heterocycles. The van der Waals surface area contributed by atoms with Crippen molar-refractivity contribution in [2.75, 3.05) is 23.8 Å². The molecule has 0 aliphatic carbocycles. The largest absolute Gasteiger partial charge is 0.371 e. The molecule has 0 spiro atoms. The van der Waals surface area contributed by atoms with E-state index in [9.17, 15) is 13.6 Å². The number of pyridine rings is 1. The molecule has 0 saturated carbocycles. The van der Waals surface area contributed by atoms with Crippen LogP contribution < -0.4 is 16.0 Å². The number of primary amides is 1. The van der Waals surface area contributed by atoms with E-state index < -0.39 is 23.6 Å². The van der Waals surface area contributed by atoms with Gasteiger partial charge in [-0.25, -0.2) is 13.8 Å². The summed E-state index contributed by atoms with van der Waals surface area (Å²) in [4.78, 5) is 16.6.